The summed E-state index contributed by atoms with van der Waals surface area (Å²) in [4.78, 5) is 17.8. The highest BCUT2D eigenvalue weighted by molar-refractivity contribution is 6.29. The Morgan fingerprint density at radius 3 is 3.18 bits per heavy atom. The van der Waals surface area contributed by atoms with Crippen molar-refractivity contribution in [3.8, 4) is 0 Å². The number of amides is 1. The van der Waals surface area contributed by atoms with Gasteiger partial charge in [-0.15, -0.1) is 0 Å². The summed E-state index contributed by atoms with van der Waals surface area (Å²) >= 11 is 5.76. The van der Waals surface area contributed by atoms with Crippen LogP contribution in [0.4, 0.5) is 0 Å². The summed E-state index contributed by atoms with van der Waals surface area (Å²) in [5, 5.41) is 9.46. The minimum absolute atomic E-state index is 0.0348. The number of aliphatic hydroxyl groups is 1. The predicted octanol–water partition coefficient (Wildman–Crippen LogP) is 1.58. The van der Waals surface area contributed by atoms with Crippen LogP contribution in [0.3, 0.4) is 0 Å². The zero-order chi connectivity index (χ0) is 12.3. The molecule has 0 aromatic carbocycles. The Morgan fingerprint density at radius 1 is 1.65 bits per heavy atom. The molecule has 0 unspecified atom stereocenters. The molecule has 2 rings (SSSR count). The maximum absolute atomic E-state index is 12.2. The van der Waals surface area contributed by atoms with Crippen molar-refractivity contribution < 1.29 is 9.90 Å². The van der Waals surface area contributed by atoms with E-state index in [2.05, 4.69) is 4.98 Å². The van der Waals surface area contributed by atoms with Gasteiger partial charge in [0.05, 0.1) is 0 Å². The first-order valence-electron chi connectivity index (χ1n) is 5.72. The number of piperidine rings is 1. The summed E-state index contributed by atoms with van der Waals surface area (Å²) < 4.78 is 0. The topological polar surface area (TPSA) is 53.4 Å². The second kappa shape index (κ2) is 5.47. The van der Waals surface area contributed by atoms with Gasteiger partial charge < -0.3 is 10.0 Å². The second-order valence-corrected chi connectivity index (χ2v) is 4.70. The van der Waals surface area contributed by atoms with E-state index < -0.39 is 0 Å². The number of hydrogen-bond acceptors (Lipinski definition) is 3. The molecule has 17 heavy (non-hydrogen) atoms. The number of halogens is 1. The quantitative estimate of drug-likeness (QED) is 0.816. The van der Waals surface area contributed by atoms with Gasteiger partial charge >= 0.3 is 0 Å². The van der Waals surface area contributed by atoms with Crippen LogP contribution in [0.15, 0.2) is 18.3 Å². The Bertz CT molecular complexity index is 411. The molecule has 1 atom stereocenters. The van der Waals surface area contributed by atoms with Gasteiger partial charge in [-0.25, -0.2) is 4.98 Å². The van der Waals surface area contributed by atoms with Crippen molar-refractivity contribution in [2.45, 2.75) is 12.8 Å². The lowest BCUT2D eigenvalue weighted by Crippen LogP contribution is -2.40. The summed E-state index contributed by atoms with van der Waals surface area (Å²) in [6, 6.07) is 3.24. The molecule has 1 aromatic rings. The van der Waals surface area contributed by atoms with Gasteiger partial charge in [-0.1, -0.05) is 11.6 Å². The van der Waals surface area contributed by atoms with E-state index in [1.54, 1.807) is 17.0 Å². The molecule has 1 N–H and O–H groups in total. The number of carbonyl (C=O) groups is 1. The van der Waals surface area contributed by atoms with Crippen LogP contribution >= 0.6 is 11.6 Å². The molecule has 92 valence electrons. The highest BCUT2D eigenvalue weighted by Gasteiger charge is 2.24. The summed E-state index contributed by atoms with van der Waals surface area (Å²) in [5.41, 5.74) is 0.559. The first-order valence-corrected chi connectivity index (χ1v) is 6.10. The number of rotatable bonds is 2. The van der Waals surface area contributed by atoms with Crippen LogP contribution in [0.5, 0.6) is 0 Å². The summed E-state index contributed by atoms with van der Waals surface area (Å²) in [7, 11) is 0. The van der Waals surface area contributed by atoms with Crippen molar-refractivity contribution in [3.63, 3.8) is 0 Å². The fraction of sp³-hybridized carbons (Fsp3) is 0.500. The number of aliphatic hydroxyl groups excluding tert-OH is 1. The Balaban J connectivity index is 2.09. The highest BCUT2D eigenvalue weighted by atomic mass is 35.5. The summed E-state index contributed by atoms with van der Waals surface area (Å²) in [6.07, 6.45) is 3.45. The monoisotopic (exact) mass is 254 g/mol. The summed E-state index contributed by atoms with van der Waals surface area (Å²) in [5.74, 6) is 0.164. The number of nitrogens with zero attached hydrogens (tertiary/aromatic N) is 2. The maximum atomic E-state index is 12.2. The van der Waals surface area contributed by atoms with Gasteiger partial charge in [-0.05, 0) is 30.9 Å². The van der Waals surface area contributed by atoms with Crippen LogP contribution in [-0.2, 0) is 0 Å². The van der Waals surface area contributed by atoms with E-state index in [1.165, 1.54) is 6.20 Å². The van der Waals surface area contributed by atoms with E-state index in [9.17, 15) is 4.79 Å². The zero-order valence-electron chi connectivity index (χ0n) is 9.47. The Morgan fingerprint density at radius 2 is 2.47 bits per heavy atom. The highest BCUT2D eigenvalue weighted by Crippen LogP contribution is 2.18. The van der Waals surface area contributed by atoms with Crippen molar-refractivity contribution in [1.82, 2.24) is 9.88 Å². The van der Waals surface area contributed by atoms with Crippen molar-refractivity contribution in [2.24, 2.45) is 5.92 Å². The van der Waals surface area contributed by atoms with Crippen LogP contribution < -0.4 is 0 Å². The minimum Gasteiger partial charge on any atom is -0.396 e. The molecule has 1 aliphatic rings. The number of pyridine rings is 1. The first kappa shape index (κ1) is 12.3. The molecular formula is C12H15ClN2O2. The Hall–Kier alpha value is -1.13. The van der Waals surface area contributed by atoms with E-state index in [1.807, 2.05) is 0 Å². The second-order valence-electron chi connectivity index (χ2n) is 4.31. The third-order valence-corrected chi connectivity index (χ3v) is 3.24. The minimum atomic E-state index is -0.0348. The Kier molecular flexibility index (Phi) is 3.97. The number of carbonyl (C=O) groups excluding carboxylic acids is 1. The molecule has 0 radical (unpaired) electrons. The molecule has 4 nitrogen and oxygen atoms in total. The van der Waals surface area contributed by atoms with Gasteiger partial charge in [0.15, 0.2) is 0 Å². The van der Waals surface area contributed by atoms with Gasteiger partial charge in [-0.3, -0.25) is 4.79 Å². The van der Waals surface area contributed by atoms with E-state index >= 15 is 0 Å². The van der Waals surface area contributed by atoms with Gasteiger partial charge in [0.2, 0.25) is 0 Å². The van der Waals surface area contributed by atoms with Crippen LogP contribution in [0.2, 0.25) is 5.15 Å². The standard InChI is InChI=1S/C12H15ClN2O2/c13-11-6-10(3-4-14-11)12(17)15-5-1-2-9(7-15)8-16/h3-4,6,9,16H,1-2,5,7-8H2/t9-/m1/s1. The molecular weight excluding hydrogens is 240 g/mol. The largest absolute Gasteiger partial charge is 0.396 e. The van der Waals surface area contributed by atoms with Crippen molar-refractivity contribution in [3.05, 3.63) is 29.0 Å². The smallest absolute Gasteiger partial charge is 0.254 e. The van der Waals surface area contributed by atoms with Crippen molar-refractivity contribution >= 4 is 17.5 Å². The molecule has 1 aliphatic heterocycles. The SMILES string of the molecule is O=C(c1ccnc(Cl)c1)N1CCC[C@@H](CO)C1. The van der Waals surface area contributed by atoms with Crippen LogP contribution in [0.1, 0.15) is 23.2 Å². The van der Waals surface area contributed by atoms with Gasteiger partial charge in [0.1, 0.15) is 5.15 Å². The average molecular weight is 255 g/mol. The fourth-order valence-electron chi connectivity index (χ4n) is 2.12. The number of aromatic nitrogens is 1. The van der Waals surface area contributed by atoms with Gasteiger partial charge in [0, 0.05) is 31.5 Å². The molecule has 0 bridgehead atoms. The molecule has 2 heterocycles. The molecule has 1 aromatic heterocycles. The maximum Gasteiger partial charge on any atom is 0.254 e. The van der Waals surface area contributed by atoms with E-state index in [4.69, 9.17) is 16.7 Å². The lowest BCUT2D eigenvalue weighted by molar-refractivity contribution is 0.0620. The summed E-state index contributed by atoms with van der Waals surface area (Å²) in [6.45, 7) is 1.51. The molecule has 1 fully saturated rings. The fourth-order valence-corrected chi connectivity index (χ4v) is 2.29. The van der Waals surface area contributed by atoms with E-state index in [0.717, 1.165) is 19.4 Å². The van der Waals surface area contributed by atoms with E-state index in [-0.39, 0.29) is 18.4 Å². The molecule has 5 heteroatoms. The molecule has 1 saturated heterocycles. The molecule has 0 aliphatic carbocycles. The van der Waals surface area contributed by atoms with E-state index in [0.29, 0.717) is 17.3 Å². The Labute approximate surface area is 105 Å². The average Bonchev–Trinajstić information content (AvgIpc) is 2.38. The molecule has 1 amide bonds. The number of hydrogen-bond donors (Lipinski definition) is 1. The van der Waals surface area contributed by atoms with Crippen LogP contribution in [0, 0.1) is 5.92 Å². The third kappa shape index (κ3) is 2.96. The van der Waals surface area contributed by atoms with Crippen LogP contribution in [0.25, 0.3) is 0 Å². The lowest BCUT2D eigenvalue weighted by Gasteiger charge is -2.31. The zero-order valence-corrected chi connectivity index (χ0v) is 10.2. The van der Waals surface area contributed by atoms with Crippen LogP contribution in [-0.4, -0.2) is 40.6 Å². The van der Waals surface area contributed by atoms with Crippen molar-refractivity contribution in [1.29, 1.82) is 0 Å². The van der Waals surface area contributed by atoms with Crippen molar-refractivity contribution in [2.75, 3.05) is 19.7 Å². The first-order chi connectivity index (χ1) is 8.20. The predicted molar refractivity (Wildman–Crippen MR) is 65.0 cm³/mol. The lowest BCUT2D eigenvalue weighted by atomic mass is 9.98. The van der Waals surface area contributed by atoms with Gasteiger partial charge in [0.25, 0.3) is 5.91 Å². The molecule has 0 spiro atoms. The molecule has 0 saturated carbocycles. The van der Waals surface area contributed by atoms with Gasteiger partial charge in [-0.2, -0.15) is 0 Å². The third-order valence-electron chi connectivity index (χ3n) is 3.04. The number of likely N-dealkylation sites (tertiary alicyclic amines) is 1. The normalized spacial score (nSPS) is 20.4.